The van der Waals surface area contributed by atoms with E-state index in [1.165, 1.54) is 11.8 Å². The molecule has 0 saturated heterocycles. The van der Waals surface area contributed by atoms with Gasteiger partial charge >= 0.3 is 0 Å². The summed E-state index contributed by atoms with van der Waals surface area (Å²) in [5.74, 6) is 0. The first-order valence-corrected chi connectivity index (χ1v) is 6.18. The Kier molecular flexibility index (Phi) is 3.68. The number of benzene rings is 1. The predicted molar refractivity (Wildman–Crippen MR) is 69.3 cm³/mol. The van der Waals surface area contributed by atoms with Crippen LogP contribution in [-0.4, -0.2) is 4.98 Å². The molecule has 0 N–H and O–H groups in total. The van der Waals surface area contributed by atoms with Crippen LogP contribution in [0.25, 0.3) is 0 Å². The maximum absolute atomic E-state index is 9.06. The number of halogens is 1. The number of hydrogen-bond acceptors (Lipinski definition) is 3. The third-order valence-corrected chi connectivity index (χ3v) is 3.42. The minimum Gasteiger partial charge on any atom is -0.248 e. The van der Waals surface area contributed by atoms with Crippen molar-refractivity contribution in [2.75, 3.05) is 0 Å². The van der Waals surface area contributed by atoms with Crippen LogP contribution in [0.1, 0.15) is 11.1 Å². The molecule has 0 amide bonds. The van der Waals surface area contributed by atoms with Gasteiger partial charge in [0.1, 0.15) is 11.1 Å². The topological polar surface area (TPSA) is 36.7 Å². The molecule has 0 spiro atoms. The molecule has 0 saturated carbocycles. The summed E-state index contributed by atoms with van der Waals surface area (Å²) in [6.45, 7) is 1.97. The normalized spacial score (nSPS) is 9.94. The van der Waals surface area contributed by atoms with E-state index < -0.39 is 0 Å². The summed E-state index contributed by atoms with van der Waals surface area (Å²) in [5, 5.41) is 10.5. The Balaban J connectivity index is 2.30. The molecule has 0 bridgehead atoms. The molecular formula is C13H9ClN2S. The zero-order valence-electron chi connectivity index (χ0n) is 9.14. The lowest BCUT2D eigenvalue weighted by atomic mass is 10.2. The Hall–Kier alpha value is -1.50. The standard InChI is InChI=1S/C13H9ClN2S/c1-9-2-4-12(10(6-9)7-15)17-13-5-3-11(14)8-16-13/h2-6,8H,1H3. The van der Waals surface area contributed by atoms with Gasteiger partial charge in [0.05, 0.1) is 10.6 Å². The second-order valence-electron chi connectivity index (χ2n) is 3.53. The minimum atomic E-state index is 0.610. The molecule has 0 aliphatic carbocycles. The van der Waals surface area contributed by atoms with Crippen LogP contribution in [0.2, 0.25) is 5.02 Å². The Morgan fingerprint density at radius 2 is 2.12 bits per heavy atom. The summed E-state index contributed by atoms with van der Waals surface area (Å²) in [7, 11) is 0. The Morgan fingerprint density at radius 1 is 1.29 bits per heavy atom. The lowest BCUT2D eigenvalue weighted by molar-refractivity contribution is 1.13. The summed E-state index contributed by atoms with van der Waals surface area (Å²) >= 11 is 7.23. The van der Waals surface area contributed by atoms with E-state index in [4.69, 9.17) is 16.9 Å². The van der Waals surface area contributed by atoms with Crippen LogP contribution in [0.5, 0.6) is 0 Å². The van der Waals surface area contributed by atoms with Gasteiger partial charge in [0.15, 0.2) is 0 Å². The van der Waals surface area contributed by atoms with E-state index in [2.05, 4.69) is 11.1 Å². The van der Waals surface area contributed by atoms with E-state index in [1.807, 2.05) is 31.2 Å². The SMILES string of the molecule is Cc1ccc(Sc2ccc(Cl)cn2)c(C#N)c1. The zero-order chi connectivity index (χ0) is 12.3. The van der Waals surface area contributed by atoms with E-state index in [0.29, 0.717) is 10.6 Å². The van der Waals surface area contributed by atoms with Crippen LogP contribution in [0.15, 0.2) is 46.5 Å². The van der Waals surface area contributed by atoms with Crippen molar-refractivity contribution in [1.29, 1.82) is 5.26 Å². The van der Waals surface area contributed by atoms with Crippen molar-refractivity contribution in [2.45, 2.75) is 16.8 Å². The summed E-state index contributed by atoms with van der Waals surface area (Å²) in [6, 6.07) is 11.6. The molecule has 0 atom stereocenters. The summed E-state index contributed by atoms with van der Waals surface area (Å²) < 4.78 is 0. The van der Waals surface area contributed by atoms with E-state index in [9.17, 15) is 0 Å². The van der Waals surface area contributed by atoms with Crippen molar-refractivity contribution in [1.82, 2.24) is 4.98 Å². The van der Waals surface area contributed by atoms with Crippen LogP contribution >= 0.6 is 23.4 Å². The maximum Gasteiger partial charge on any atom is 0.101 e. The third-order valence-electron chi connectivity index (χ3n) is 2.17. The highest BCUT2D eigenvalue weighted by atomic mass is 35.5. The number of aryl methyl sites for hydroxylation is 1. The lowest BCUT2D eigenvalue weighted by Crippen LogP contribution is -1.85. The quantitative estimate of drug-likeness (QED) is 0.817. The van der Waals surface area contributed by atoms with Gasteiger partial charge in [-0.05, 0) is 36.8 Å². The first-order valence-electron chi connectivity index (χ1n) is 4.99. The van der Waals surface area contributed by atoms with Crippen LogP contribution in [0.3, 0.4) is 0 Å². The van der Waals surface area contributed by atoms with Gasteiger partial charge in [-0.2, -0.15) is 5.26 Å². The van der Waals surface area contributed by atoms with Gasteiger partial charge in [0.2, 0.25) is 0 Å². The molecule has 0 radical (unpaired) electrons. The van der Waals surface area contributed by atoms with Crippen molar-refractivity contribution >= 4 is 23.4 Å². The average molecular weight is 261 g/mol. The van der Waals surface area contributed by atoms with Gasteiger partial charge in [-0.1, -0.05) is 29.4 Å². The highest BCUT2D eigenvalue weighted by Gasteiger charge is 2.05. The number of nitrogens with zero attached hydrogens (tertiary/aromatic N) is 2. The molecule has 1 aromatic heterocycles. The van der Waals surface area contributed by atoms with Crippen molar-refractivity contribution in [3.8, 4) is 6.07 Å². The molecule has 4 heteroatoms. The van der Waals surface area contributed by atoms with Crippen LogP contribution in [-0.2, 0) is 0 Å². The molecule has 2 nitrogen and oxygen atoms in total. The van der Waals surface area contributed by atoms with E-state index in [-0.39, 0.29) is 0 Å². The maximum atomic E-state index is 9.06. The highest BCUT2D eigenvalue weighted by molar-refractivity contribution is 7.99. The molecule has 0 fully saturated rings. The third kappa shape index (κ3) is 3.00. The fraction of sp³-hybridized carbons (Fsp3) is 0.0769. The molecular weight excluding hydrogens is 252 g/mol. The van der Waals surface area contributed by atoms with Crippen LogP contribution in [0.4, 0.5) is 0 Å². The largest absolute Gasteiger partial charge is 0.248 e. The minimum absolute atomic E-state index is 0.610. The van der Waals surface area contributed by atoms with E-state index in [1.54, 1.807) is 12.3 Å². The molecule has 0 unspecified atom stereocenters. The van der Waals surface area contributed by atoms with Crippen LogP contribution < -0.4 is 0 Å². The second kappa shape index (κ2) is 5.22. The van der Waals surface area contributed by atoms with Gasteiger partial charge in [-0.25, -0.2) is 4.98 Å². The molecule has 0 aliphatic heterocycles. The van der Waals surface area contributed by atoms with Crippen molar-refractivity contribution < 1.29 is 0 Å². The monoisotopic (exact) mass is 260 g/mol. The van der Waals surface area contributed by atoms with Gasteiger partial charge in [0, 0.05) is 11.1 Å². The van der Waals surface area contributed by atoms with Gasteiger partial charge in [-0.3, -0.25) is 0 Å². The van der Waals surface area contributed by atoms with Gasteiger partial charge in [-0.15, -0.1) is 0 Å². The molecule has 2 rings (SSSR count). The first-order chi connectivity index (χ1) is 8.19. The van der Waals surface area contributed by atoms with Gasteiger partial charge in [0.25, 0.3) is 0 Å². The lowest BCUT2D eigenvalue weighted by Gasteiger charge is -2.04. The summed E-state index contributed by atoms with van der Waals surface area (Å²) in [4.78, 5) is 5.10. The van der Waals surface area contributed by atoms with Crippen LogP contribution in [0, 0.1) is 18.3 Å². The molecule has 1 heterocycles. The number of aromatic nitrogens is 1. The van der Waals surface area contributed by atoms with Crippen molar-refractivity contribution in [3.63, 3.8) is 0 Å². The number of rotatable bonds is 2. The summed E-state index contributed by atoms with van der Waals surface area (Å²) in [6.07, 6.45) is 1.60. The van der Waals surface area contributed by atoms with Gasteiger partial charge < -0.3 is 0 Å². The first kappa shape index (κ1) is 12.0. The van der Waals surface area contributed by atoms with E-state index >= 15 is 0 Å². The molecule has 84 valence electrons. The Bertz CT molecular complexity index is 573. The fourth-order valence-corrected chi connectivity index (χ4v) is 2.28. The summed E-state index contributed by atoms with van der Waals surface area (Å²) in [5.41, 5.74) is 1.75. The molecule has 1 aromatic carbocycles. The molecule has 2 aromatic rings. The second-order valence-corrected chi connectivity index (χ2v) is 5.03. The predicted octanol–water partition coefficient (Wildman–Crippen LogP) is 4.07. The zero-order valence-corrected chi connectivity index (χ0v) is 10.7. The molecule has 17 heavy (non-hydrogen) atoms. The molecule has 0 aliphatic rings. The number of nitriles is 1. The Morgan fingerprint density at radius 3 is 2.76 bits per heavy atom. The van der Waals surface area contributed by atoms with E-state index in [0.717, 1.165) is 15.5 Å². The smallest absolute Gasteiger partial charge is 0.101 e. The highest BCUT2D eigenvalue weighted by Crippen LogP contribution is 2.29. The van der Waals surface area contributed by atoms with Crippen molar-refractivity contribution in [3.05, 3.63) is 52.7 Å². The average Bonchev–Trinajstić information content (AvgIpc) is 2.34. The number of pyridine rings is 1. The number of hydrogen-bond donors (Lipinski definition) is 0. The van der Waals surface area contributed by atoms with Crippen molar-refractivity contribution in [2.24, 2.45) is 0 Å². The fourth-order valence-electron chi connectivity index (χ4n) is 1.36. The Labute approximate surface area is 109 Å².